The molecular formula is C5H10N4O2. The van der Waals surface area contributed by atoms with E-state index in [0.29, 0.717) is 0 Å². The van der Waals surface area contributed by atoms with Gasteiger partial charge in [0.2, 0.25) is 0 Å². The fraction of sp³-hybridized carbons (Fsp3) is 0.800. The van der Waals surface area contributed by atoms with Crippen LogP contribution in [0, 0.1) is 5.92 Å². The van der Waals surface area contributed by atoms with Crippen LogP contribution in [-0.4, -0.2) is 23.7 Å². The zero-order valence-corrected chi connectivity index (χ0v) is 6.14. The van der Waals surface area contributed by atoms with Crippen LogP contribution in [-0.2, 0) is 4.79 Å². The standard InChI is InChI=1S/C5H10N4O2/c1-3(2-8-9-7)4(6)5(10)11/h3-4H,2,6H2,1H3,(H,10,11). The molecule has 62 valence electrons. The lowest BCUT2D eigenvalue weighted by atomic mass is 10.0. The normalized spacial score (nSPS) is 14.7. The van der Waals surface area contributed by atoms with Crippen molar-refractivity contribution in [3.63, 3.8) is 0 Å². The van der Waals surface area contributed by atoms with E-state index in [1.165, 1.54) is 0 Å². The molecule has 0 aromatic rings. The van der Waals surface area contributed by atoms with Crippen LogP contribution in [0.5, 0.6) is 0 Å². The predicted octanol–water partition coefficient (Wildman–Crippen LogP) is 0.345. The SMILES string of the molecule is CC(CN=[N+]=[N-])C(N)C(=O)O. The van der Waals surface area contributed by atoms with E-state index in [1.54, 1.807) is 6.92 Å². The monoisotopic (exact) mass is 158 g/mol. The molecule has 0 saturated carbocycles. The molecule has 0 rings (SSSR count). The Morgan fingerprint density at radius 3 is 2.82 bits per heavy atom. The largest absolute Gasteiger partial charge is 0.480 e. The van der Waals surface area contributed by atoms with Gasteiger partial charge in [0.15, 0.2) is 0 Å². The van der Waals surface area contributed by atoms with E-state index in [0.717, 1.165) is 0 Å². The first-order valence-electron chi connectivity index (χ1n) is 3.08. The number of carbonyl (C=O) groups is 1. The maximum Gasteiger partial charge on any atom is 0.320 e. The van der Waals surface area contributed by atoms with Gasteiger partial charge in [0, 0.05) is 11.5 Å². The summed E-state index contributed by atoms with van der Waals surface area (Å²) in [5, 5.41) is 11.6. The summed E-state index contributed by atoms with van der Waals surface area (Å²) in [6, 6.07) is -0.958. The number of carboxylic acids is 1. The molecule has 3 N–H and O–H groups in total. The quantitative estimate of drug-likeness (QED) is 0.349. The van der Waals surface area contributed by atoms with Crippen molar-refractivity contribution in [2.24, 2.45) is 16.8 Å². The molecule has 0 aliphatic rings. The zero-order chi connectivity index (χ0) is 8.85. The molecule has 6 nitrogen and oxygen atoms in total. The minimum atomic E-state index is -1.08. The molecule has 2 atom stereocenters. The molecule has 6 heteroatoms. The second-order valence-corrected chi connectivity index (χ2v) is 2.25. The van der Waals surface area contributed by atoms with Gasteiger partial charge in [0.05, 0.1) is 0 Å². The van der Waals surface area contributed by atoms with Crippen LogP contribution in [0.2, 0.25) is 0 Å². The first kappa shape index (κ1) is 9.74. The molecule has 0 aromatic heterocycles. The first-order valence-corrected chi connectivity index (χ1v) is 3.08. The average Bonchev–Trinajstić information content (AvgIpc) is 1.98. The van der Waals surface area contributed by atoms with Crippen LogP contribution < -0.4 is 5.73 Å². The summed E-state index contributed by atoms with van der Waals surface area (Å²) in [7, 11) is 0. The van der Waals surface area contributed by atoms with Crippen molar-refractivity contribution in [2.75, 3.05) is 6.54 Å². The highest BCUT2D eigenvalue weighted by Gasteiger charge is 2.18. The number of hydrogen-bond donors (Lipinski definition) is 2. The highest BCUT2D eigenvalue weighted by atomic mass is 16.4. The van der Waals surface area contributed by atoms with Crippen molar-refractivity contribution in [3.05, 3.63) is 10.4 Å². The van der Waals surface area contributed by atoms with E-state index in [9.17, 15) is 4.79 Å². The van der Waals surface area contributed by atoms with Gasteiger partial charge in [-0.2, -0.15) is 0 Å². The maximum atomic E-state index is 10.2. The summed E-state index contributed by atoms with van der Waals surface area (Å²) in [4.78, 5) is 12.7. The molecule has 2 unspecified atom stereocenters. The van der Waals surface area contributed by atoms with Crippen LogP contribution >= 0.6 is 0 Å². The van der Waals surface area contributed by atoms with Crippen LogP contribution in [0.4, 0.5) is 0 Å². The molecule has 0 radical (unpaired) electrons. The number of nitrogens with two attached hydrogens (primary N) is 1. The van der Waals surface area contributed by atoms with E-state index in [1.807, 2.05) is 0 Å². The van der Waals surface area contributed by atoms with Gasteiger partial charge < -0.3 is 10.8 Å². The van der Waals surface area contributed by atoms with Crippen LogP contribution in [0.1, 0.15) is 6.92 Å². The van der Waals surface area contributed by atoms with E-state index >= 15 is 0 Å². The highest BCUT2D eigenvalue weighted by Crippen LogP contribution is 2.00. The summed E-state index contributed by atoms with van der Waals surface area (Å²) in [6.45, 7) is 1.73. The lowest BCUT2D eigenvalue weighted by Crippen LogP contribution is -2.37. The van der Waals surface area contributed by atoms with Crippen molar-refractivity contribution in [1.29, 1.82) is 0 Å². The Bertz CT molecular complexity index is 187. The van der Waals surface area contributed by atoms with Crippen molar-refractivity contribution in [3.8, 4) is 0 Å². The van der Waals surface area contributed by atoms with Crippen LogP contribution in [0.15, 0.2) is 5.11 Å². The lowest BCUT2D eigenvalue weighted by Gasteiger charge is -2.11. The Morgan fingerprint density at radius 2 is 2.45 bits per heavy atom. The van der Waals surface area contributed by atoms with Gasteiger partial charge in [0.25, 0.3) is 0 Å². The third kappa shape index (κ3) is 3.44. The van der Waals surface area contributed by atoms with Crippen molar-refractivity contribution >= 4 is 5.97 Å². The fourth-order valence-corrected chi connectivity index (χ4v) is 0.522. The second-order valence-electron chi connectivity index (χ2n) is 2.25. The zero-order valence-electron chi connectivity index (χ0n) is 6.14. The number of rotatable bonds is 4. The molecule has 0 spiro atoms. The Labute approximate surface area is 63.6 Å². The fourth-order valence-electron chi connectivity index (χ4n) is 0.522. The van der Waals surface area contributed by atoms with E-state index in [-0.39, 0.29) is 12.5 Å². The molecule has 0 fully saturated rings. The van der Waals surface area contributed by atoms with E-state index in [2.05, 4.69) is 10.0 Å². The molecule has 11 heavy (non-hydrogen) atoms. The summed E-state index contributed by atoms with van der Waals surface area (Å²) in [5.41, 5.74) is 13.1. The van der Waals surface area contributed by atoms with Crippen LogP contribution in [0.3, 0.4) is 0 Å². The van der Waals surface area contributed by atoms with Gasteiger partial charge >= 0.3 is 5.97 Å². The minimum absolute atomic E-state index is 0.115. The topological polar surface area (TPSA) is 112 Å². The van der Waals surface area contributed by atoms with Gasteiger partial charge in [-0.3, -0.25) is 4.79 Å². The average molecular weight is 158 g/mol. The van der Waals surface area contributed by atoms with Crippen molar-refractivity contribution in [1.82, 2.24) is 0 Å². The number of nitrogens with zero attached hydrogens (tertiary/aromatic N) is 3. The molecule has 0 aliphatic carbocycles. The molecule has 0 aromatic carbocycles. The third-order valence-electron chi connectivity index (χ3n) is 1.33. The smallest absolute Gasteiger partial charge is 0.320 e. The molecule has 0 saturated heterocycles. The summed E-state index contributed by atoms with van der Waals surface area (Å²) >= 11 is 0. The Balaban J connectivity index is 3.91. The van der Waals surface area contributed by atoms with Crippen LogP contribution in [0.25, 0.3) is 10.4 Å². The number of azide groups is 1. The maximum absolute atomic E-state index is 10.2. The van der Waals surface area contributed by atoms with Gasteiger partial charge in [-0.05, 0) is 11.4 Å². The Hall–Kier alpha value is -1.26. The van der Waals surface area contributed by atoms with Gasteiger partial charge in [-0.15, -0.1) is 0 Å². The predicted molar refractivity (Wildman–Crippen MR) is 38.8 cm³/mol. The number of aliphatic carboxylic acids is 1. The van der Waals surface area contributed by atoms with Gasteiger partial charge in [-0.1, -0.05) is 12.0 Å². The molecule has 0 aliphatic heterocycles. The van der Waals surface area contributed by atoms with Gasteiger partial charge in [0.1, 0.15) is 6.04 Å². The third-order valence-corrected chi connectivity index (χ3v) is 1.33. The van der Waals surface area contributed by atoms with E-state index < -0.39 is 12.0 Å². The molecule has 0 amide bonds. The molecule has 0 heterocycles. The summed E-state index contributed by atoms with van der Waals surface area (Å²) in [5.74, 6) is -1.41. The molecule has 0 bridgehead atoms. The van der Waals surface area contributed by atoms with Crippen molar-refractivity contribution in [2.45, 2.75) is 13.0 Å². The Morgan fingerprint density at radius 1 is 1.91 bits per heavy atom. The Kier molecular flexibility index (Phi) is 4.02. The summed E-state index contributed by atoms with van der Waals surface area (Å²) < 4.78 is 0. The second kappa shape index (κ2) is 4.54. The highest BCUT2D eigenvalue weighted by molar-refractivity contribution is 5.73. The van der Waals surface area contributed by atoms with Gasteiger partial charge in [-0.25, -0.2) is 0 Å². The molecular weight excluding hydrogens is 148 g/mol. The number of carboxylic acid groups (broad SMARTS) is 1. The van der Waals surface area contributed by atoms with Crippen molar-refractivity contribution < 1.29 is 9.90 Å². The first-order chi connectivity index (χ1) is 5.09. The minimum Gasteiger partial charge on any atom is -0.480 e. The number of hydrogen-bond acceptors (Lipinski definition) is 3. The summed E-state index contributed by atoms with van der Waals surface area (Å²) in [6.07, 6.45) is 0. The lowest BCUT2D eigenvalue weighted by molar-refractivity contribution is -0.139. The van der Waals surface area contributed by atoms with E-state index in [4.69, 9.17) is 16.4 Å².